The number of rotatable bonds is 3. The van der Waals surface area contributed by atoms with Crippen LogP contribution in [-0.2, 0) is 0 Å². The Bertz CT molecular complexity index is 477. The Balaban J connectivity index is 1.47. The fraction of sp³-hybridized carbons (Fsp3) is 1.00. The summed E-state index contributed by atoms with van der Waals surface area (Å²) < 4.78 is 0. The topological polar surface area (TPSA) is 48.9 Å². The van der Waals surface area contributed by atoms with E-state index in [-0.39, 0.29) is 11.5 Å². The van der Waals surface area contributed by atoms with Gasteiger partial charge in [0.2, 0.25) is 0 Å². The Morgan fingerprint density at radius 3 is 2.50 bits per heavy atom. The number of nitrogens with two attached hydrogens (primary N) is 1. The maximum Gasteiger partial charge on any atom is 0.0935 e. The first-order chi connectivity index (χ1) is 12.4. The number of aliphatic hydroxyl groups excluding tert-OH is 1. The van der Waals surface area contributed by atoms with E-state index in [1.807, 2.05) is 0 Å². The van der Waals surface area contributed by atoms with Gasteiger partial charge in [-0.1, -0.05) is 20.3 Å². The van der Waals surface area contributed by atoms with Crippen molar-refractivity contribution in [1.29, 1.82) is 0 Å². The fourth-order valence-corrected chi connectivity index (χ4v) is 7.19. The molecule has 0 radical (unpaired) electrons. The Morgan fingerprint density at radius 1 is 1.00 bits per heavy atom. The number of quaternary nitrogens is 1. The average molecular weight is 384 g/mol. The monoisotopic (exact) mass is 383 g/mol. The minimum absolute atomic E-state index is 0.140. The maximum atomic E-state index is 11.1. The third-order valence-electron chi connectivity index (χ3n) is 8.15. The van der Waals surface area contributed by atoms with Gasteiger partial charge in [0.1, 0.15) is 0 Å². The molecular weight excluding hydrogens is 344 g/mol. The van der Waals surface area contributed by atoms with Crippen molar-refractivity contribution in [3.8, 4) is 0 Å². The van der Waals surface area contributed by atoms with Crippen molar-refractivity contribution < 1.29 is 10.4 Å². The number of halogens is 1. The van der Waals surface area contributed by atoms with E-state index < -0.39 is 0 Å². The Kier molecular flexibility index (Phi) is 5.91. The maximum absolute atomic E-state index is 11.1. The molecule has 0 aromatic rings. The van der Waals surface area contributed by atoms with Gasteiger partial charge in [-0.3, -0.25) is 0 Å². The second-order valence-electron chi connectivity index (χ2n) is 10.7. The van der Waals surface area contributed by atoms with Crippen LogP contribution >= 0.6 is 11.6 Å². The molecule has 1 saturated heterocycles. The summed E-state index contributed by atoms with van der Waals surface area (Å²) in [6.07, 6.45) is 12.5. The number of nitrogens with one attached hydrogen (secondary N) is 1. The molecule has 0 bridgehead atoms. The number of aliphatic hydroxyl groups is 1. The van der Waals surface area contributed by atoms with Crippen LogP contribution in [0.4, 0.5) is 0 Å². The molecule has 4 N–H and O–H groups in total. The standard InChI is InChI=1S/C22H39ClN2O/c1-22(2)11-18-20(19(26)12-22)21(16-5-3-4-6-17(16)25-18)24-13-14-7-9-15(23)10-8-14/h14-21,24-26H,3-13H2,1-2H3/p+1/t14?,15?,16?,17?,18?,19-,20?,21?/m0/s1. The van der Waals surface area contributed by atoms with E-state index in [9.17, 15) is 5.11 Å². The average Bonchev–Trinajstić information content (AvgIpc) is 2.59. The zero-order chi connectivity index (χ0) is 18.3. The first-order valence-corrected chi connectivity index (χ1v) is 11.8. The van der Waals surface area contributed by atoms with Gasteiger partial charge in [0.25, 0.3) is 0 Å². The first-order valence-electron chi connectivity index (χ1n) is 11.3. The summed E-state index contributed by atoms with van der Waals surface area (Å²) in [7, 11) is 0. The van der Waals surface area contributed by atoms with Crippen molar-refractivity contribution in [3.63, 3.8) is 0 Å². The van der Waals surface area contributed by atoms with Crippen molar-refractivity contribution in [3.05, 3.63) is 0 Å². The molecule has 4 heteroatoms. The van der Waals surface area contributed by atoms with Crippen LogP contribution in [0.3, 0.4) is 0 Å². The number of piperidine rings is 1. The van der Waals surface area contributed by atoms with Gasteiger partial charge in [-0.05, 0) is 69.2 Å². The predicted molar refractivity (Wildman–Crippen MR) is 107 cm³/mol. The lowest BCUT2D eigenvalue weighted by Gasteiger charge is -2.54. The summed E-state index contributed by atoms with van der Waals surface area (Å²) in [6, 6.07) is 1.90. The molecule has 5 unspecified atom stereocenters. The normalized spacial score (nSPS) is 48.5. The van der Waals surface area contributed by atoms with Crippen LogP contribution in [0, 0.1) is 23.2 Å². The van der Waals surface area contributed by atoms with E-state index in [2.05, 4.69) is 24.5 Å². The van der Waals surface area contributed by atoms with Crippen LogP contribution < -0.4 is 10.6 Å². The quantitative estimate of drug-likeness (QED) is 0.656. The molecule has 4 rings (SSSR count). The van der Waals surface area contributed by atoms with Gasteiger partial charge in [0, 0.05) is 23.8 Å². The third kappa shape index (κ3) is 4.11. The predicted octanol–water partition coefficient (Wildman–Crippen LogP) is 3.04. The summed E-state index contributed by atoms with van der Waals surface area (Å²) in [6.45, 7) is 5.83. The zero-order valence-corrected chi connectivity index (χ0v) is 17.6. The molecule has 26 heavy (non-hydrogen) atoms. The van der Waals surface area contributed by atoms with E-state index in [0.717, 1.165) is 30.8 Å². The minimum atomic E-state index is -0.140. The molecule has 3 saturated carbocycles. The molecule has 1 heterocycles. The summed E-state index contributed by atoms with van der Waals surface area (Å²) in [4.78, 5) is 0. The SMILES string of the molecule is CC1(C)CC2[NH2+]C3CCCCC3C(NCC3CCC(Cl)CC3)C2[C@@H](O)C1. The lowest BCUT2D eigenvalue weighted by molar-refractivity contribution is -0.752. The van der Waals surface area contributed by atoms with Crippen LogP contribution in [0.5, 0.6) is 0 Å². The largest absolute Gasteiger partial charge is 0.393 e. The fourth-order valence-electron chi connectivity index (χ4n) is 6.94. The smallest absolute Gasteiger partial charge is 0.0935 e. The molecule has 0 spiro atoms. The molecule has 4 aliphatic rings. The van der Waals surface area contributed by atoms with E-state index in [1.54, 1.807) is 0 Å². The van der Waals surface area contributed by atoms with Gasteiger partial charge < -0.3 is 15.7 Å². The van der Waals surface area contributed by atoms with E-state index in [0.29, 0.717) is 23.4 Å². The van der Waals surface area contributed by atoms with Crippen LogP contribution in [-0.4, -0.2) is 41.3 Å². The Morgan fingerprint density at radius 2 is 1.73 bits per heavy atom. The molecule has 3 nitrogen and oxygen atoms in total. The third-order valence-corrected chi connectivity index (χ3v) is 8.59. The van der Waals surface area contributed by atoms with E-state index in [4.69, 9.17) is 11.6 Å². The molecule has 1 aliphatic heterocycles. The van der Waals surface area contributed by atoms with Gasteiger partial charge in [-0.25, -0.2) is 0 Å². The molecule has 150 valence electrons. The molecule has 4 fully saturated rings. The van der Waals surface area contributed by atoms with Crippen LogP contribution in [0.25, 0.3) is 0 Å². The van der Waals surface area contributed by atoms with Gasteiger partial charge in [0.15, 0.2) is 0 Å². The van der Waals surface area contributed by atoms with Gasteiger partial charge >= 0.3 is 0 Å². The highest BCUT2D eigenvalue weighted by Gasteiger charge is 2.54. The first kappa shape index (κ1) is 19.5. The van der Waals surface area contributed by atoms with E-state index >= 15 is 0 Å². The zero-order valence-electron chi connectivity index (χ0n) is 16.8. The molecular formula is C22H40ClN2O+. The van der Waals surface area contributed by atoms with Crippen LogP contribution in [0.1, 0.15) is 78.1 Å². The minimum Gasteiger partial charge on any atom is -0.393 e. The van der Waals surface area contributed by atoms with E-state index in [1.165, 1.54) is 57.8 Å². The van der Waals surface area contributed by atoms with Crippen molar-refractivity contribution in [1.82, 2.24) is 5.32 Å². The molecule has 6 atom stereocenters. The summed E-state index contributed by atoms with van der Waals surface area (Å²) in [5, 5.41) is 18.2. The summed E-state index contributed by atoms with van der Waals surface area (Å²) in [5.74, 6) is 1.98. The lowest BCUT2D eigenvalue weighted by Crippen LogP contribution is -3.03. The van der Waals surface area contributed by atoms with Crippen molar-refractivity contribution in [2.75, 3.05) is 6.54 Å². The summed E-state index contributed by atoms with van der Waals surface area (Å²) in [5.41, 5.74) is 0.280. The lowest BCUT2D eigenvalue weighted by atomic mass is 9.60. The van der Waals surface area contributed by atoms with Crippen LogP contribution in [0.2, 0.25) is 0 Å². The van der Waals surface area contributed by atoms with Crippen molar-refractivity contribution in [2.45, 2.75) is 108 Å². The number of hydrogen-bond acceptors (Lipinski definition) is 2. The second kappa shape index (κ2) is 7.89. The molecule has 0 aromatic carbocycles. The van der Waals surface area contributed by atoms with Crippen LogP contribution in [0.15, 0.2) is 0 Å². The molecule has 0 amide bonds. The van der Waals surface area contributed by atoms with Crippen molar-refractivity contribution >= 4 is 11.6 Å². The van der Waals surface area contributed by atoms with Gasteiger partial charge in [0.05, 0.1) is 24.1 Å². The second-order valence-corrected chi connectivity index (χ2v) is 11.4. The van der Waals surface area contributed by atoms with Gasteiger partial charge in [-0.15, -0.1) is 11.6 Å². The van der Waals surface area contributed by atoms with Crippen molar-refractivity contribution in [2.24, 2.45) is 23.2 Å². The number of fused-ring (bicyclic) bond motifs is 2. The molecule has 3 aliphatic carbocycles. The number of alkyl halides is 1. The Hall–Kier alpha value is 0.170. The number of hydrogen-bond donors (Lipinski definition) is 3. The summed E-state index contributed by atoms with van der Waals surface area (Å²) >= 11 is 6.30. The Labute approximate surface area is 165 Å². The highest BCUT2D eigenvalue weighted by molar-refractivity contribution is 6.20. The highest BCUT2D eigenvalue weighted by Crippen LogP contribution is 2.43. The van der Waals surface area contributed by atoms with Gasteiger partial charge in [-0.2, -0.15) is 0 Å². The highest BCUT2D eigenvalue weighted by atomic mass is 35.5. The molecule has 0 aromatic heterocycles.